The van der Waals surface area contributed by atoms with E-state index in [0.717, 1.165) is 52.6 Å². The Hall–Kier alpha value is -4.10. The Morgan fingerprint density at radius 2 is 1.12 bits per heavy atom. The van der Waals surface area contributed by atoms with Gasteiger partial charge in [0.15, 0.2) is 0 Å². The Bertz CT molecular complexity index is 1300. The van der Waals surface area contributed by atoms with E-state index < -0.39 is 11.9 Å². The summed E-state index contributed by atoms with van der Waals surface area (Å²) in [7, 11) is 2.47. The molecular weight excluding hydrogens is 532 g/mol. The second kappa shape index (κ2) is 15.6. The quantitative estimate of drug-likeness (QED) is 0.0704. The summed E-state index contributed by atoms with van der Waals surface area (Å²) in [6.45, 7) is 12.5. The van der Waals surface area contributed by atoms with Crippen LogP contribution in [0.5, 0.6) is 0 Å². The van der Waals surface area contributed by atoms with Gasteiger partial charge < -0.3 is 19.3 Å². The van der Waals surface area contributed by atoms with Gasteiger partial charge in [0.25, 0.3) is 0 Å². The first-order valence-corrected chi connectivity index (χ1v) is 14.8. The molecule has 0 radical (unpaired) electrons. The molecule has 41 heavy (non-hydrogen) atoms. The molecule has 0 amide bonds. The lowest BCUT2D eigenvalue weighted by Gasteiger charge is -2.22. The average Bonchev–Trinajstić information content (AvgIpc) is 3.46. The van der Waals surface area contributed by atoms with Crippen molar-refractivity contribution in [2.45, 2.75) is 27.7 Å². The number of carbonyl (C=O) groups is 2. The molecular formula is C34H40N2O4S. The minimum Gasteiger partial charge on any atom is -0.465 e. The van der Waals surface area contributed by atoms with Crippen LogP contribution < -0.4 is 9.80 Å². The van der Waals surface area contributed by atoms with E-state index in [-0.39, 0.29) is 5.57 Å². The average molecular weight is 573 g/mol. The molecule has 0 aliphatic heterocycles. The highest BCUT2D eigenvalue weighted by Crippen LogP contribution is 2.29. The molecule has 0 atom stereocenters. The van der Waals surface area contributed by atoms with E-state index in [1.807, 2.05) is 24.3 Å². The van der Waals surface area contributed by atoms with Crippen molar-refractivity contribution >= 4 is 52.4 Å². The zero-order valence-corrected chi connectivity index (χ0v) is 25.7. The van der Waals surface area contributed by atoms with Gasteiger partial charge in [0.1, 0.15) is 5.57 Å². The number of benzene rings is 2. The van der Waals surface area contributed by atoms with Crippen molar-refractivity contribution < 1.29 is 19.1 Å². The van der Waals surface area contributed by atoms with Crippen LogP contribution in [0.3, 0.4) is 0 Å². The van der Waals surface area contributed by atoms with Crippen molar-refractivity contribution in [3.8, 4) is 0 Å². The number of allylic oxidation sites excluding steroid dienone is 2. The summed E-state index contributed by atoms with van der Waals surface area (Å²) in [5, 5.41) is 0. The Morgan fingerprint density at radius 1 is 0.683 bits per heavy atom. The smallest absolute Gasteiger partial charge is 0.345 e. The van der Waals surface area contributed by atoms with Crippen LogP contribution in [0.25, 0.3) is 17.7 Å². The van der Waals surface area contributed by atoms with Gasteiger partial charge in [-0.3, -0.25) is 0 Å². The third kappa shape index (κ3) is 8.21. The van der Waals surface area contributed by atoms with Gasteiger partial charge in [0, 0.05) is 47.3 Å². The number of esters is 2. The molecule has 3 aromatic rings. The number of hydrogen-bond acceptors (Lipinski definition) is 7. The number of methoxy groups -OCH3 is 2. The number of hydrogen-bond donors (Lipinski definition) is 0. The molecule has 6 nitrogen and oxygen atoms in total. The fourth-order valence-electron chi connectivity index (χ4n) is 4.58. The van der Waals surface area contributed by atoms with Crippen LogP contribution in [-0.2, 0) is 19.1 Å². The predicted molar refractivity (Wildman–Crippen MR) is 172 cm³/mol. The van der Waals surface area contributed by atoms with Gasteiger partial charge in [-0.1, -0.05) is 36.4 Å². The van der Waals surface area contributed by atoms with Gasteiger partial charge >= 0.3 is 11.9 Å². The van der Waals surface area contributed by atoms with Crippen molar-refractivity contribution in [3.05, 3.63) is 99.3 Å². The molecule has 1 aromatic heterocycles. The van der Waals surface area contributed by atoms with E-state index in [9.17, 15) is 9.59 Å². The Kier molecular flexibility index (Phi) is 12.0. The standard InChI is InChI=1S/C34H40N2O4S/c1-7-35(8-2)27-18-14-25(15-19-27)31(26-16-20-28(21-17-26)36(9-3)10-4)13-11-12-29-22-23-30(41-29)24-32(33(37)39-5)34(38)40-6/h11-24H,7-10H2,1-6H3/b12-11+. The Balaban J connectivity index is 1.95. The third-order valence-electron chi connectivity index (χ3n) is 6.88. The van der Waals surface area contributed by atoms with E-state index in [2.05, 4.69) is 92.1 Å². The molecule has 7 heteroatoms. The minimum atomic E-state index is -0.728. The fraction of sp³-hybridized carbons (Fsp3) is 0.294. The Morgan fingerprint density at radius 3 is 1.54 bits per heavy atom. The summed E-state index contributed by atoms with van der Waals surface area (Å²) in [5.41, 5.74) is 5.67. The van der Waals surface area contributed by atoms with Crippen molar-refractivity contribution in [3.63, 3.8) is 0 Å². The summed E-state index contributed by atoms with van der Waals surface area (Å²) in [6, 6.07) is 21.3. The molecule has 0 saturated heterocycles. The van der Waals surface area contributed by atoms with Crippen LogP contribution in [0.15, 0.2) is 78.4 Å². The molecule has 0 saturated carbocycles. The molecule has 0 fully saturated rings. The highest BCUT2D eigenvalue weighted by Gasteiger charge is 2.20. The number of rotatable bonds is 13. The fourth-order valence-corrected chi connectivity index (χ4v) is 5.45. The van der Waals surface area contributed by atoms with Gasteiger partial charge in [-0.25, -0.2) is 9.59 Å². The van der Waals surface area contributed by atoms with Crippen molar-refractivity contribution in [2.75, 3.05) is 50.2 Å². The molecule has 0 unspecified atom stereocenters. The number of nitrogens with zero attached hydrogens (tertiary/aromatic N) is 2. The largest absolute Gasteiger partial charge is 0.465 e. The maximum atomic E-state index is 12.0. The zero-order chi connectivity index (χ0) is 29.8. The van der Waals surface area contributed by atoms with Gasteiger partial charge in [0.2, 0.25) is 0 Å². The molecule has 0 N–H and O–H groups in total. The summed E-state index contributed by atoms with van der Waals surface area (Å²) in [4.78, 5) is 30.4. The third-order valence-corrected chi connectivity index (χ3v) is 7.88. The Labute approximate surface area is 248 Å². The maximum absolute atomic E-state index is 12.0. The van der Waals surface area contributed by atoms with Crippen LogP contribution in [0.1, 0.15) is 48.6 Å². The van der Waals surface area contributed by atoms with E-state index in [0.29, 0.717) is 0 Å². The van der Waals surface area contributed by atoms with Crippen LogP contribution in [0.4, 0.5) is 11.4 Å². The number of ether oxygens (including phenoxy) is 2. The highest BCUT2D eigenvalue weighted by atomic mass is 32.1. The van der Waals surface area contributed by atoms with Crippen LogP contribution in [0.2, 0.25) is 0 Å². The molecule has 216 valence electrons. The first-order chi connectivity index (χ1) is 19.9. The lowest BCUT2D eigenvalue weighted by atomic mass is 9.96. The van der Waals surface area contributed by atoms with E-state index in [1.54, 1.807) is 0 Å². The van der Waals surface area contributed by atoms with E-state index in [4.69, 9.17) is 9.47 Å². The van der Waals surface area contributed by atoms with Crippen LogP contribution in [0, 0.1) is 0 Å². The van der Waals surface area contributed by atoms with E-state index >= 15 is 0 Å². The molecule has 3 rings (SSSR count). The van der Waals surface area contributed by atoms with Crippen molar-refractivity contribution in [2.24, 2.45) is 0 Å². The molecule has 0 aliphatic carbocycles. The lowest BCUT2D eigenvalue weighted by Crippen LogP contribution is -2.21. The summed E-state index contributed by atoms with van der Waals surface area (Å²) in [5.74, 6) is -1.46. The van der Waals surface area contributed by atoms with Crippen molar-refractivity contribution in [1.29, 1.82) is 0 Å². The van der Waals surface area contributed by atoms with Gasteiger partial charge in [-0.05, 0) is 92.9 Å². The minimum absolute atomic E-state index is 0.143. The van der Waals surface area contributed by atoms with Crippen LogP contribution >= 0.6 is 11.3 Å². The number of anilines is 2. The second-order valence-electron chi connectivity index (χ2n) is 9.16. The number of thiophene rings is 1. The topological polar surface area (TPSA) is 59.1 Å². The van der Waals surface area contributed by atoms with Crippen LogP contribution in [-0.4, -0.2) is 52.3 Å². The first kappa shape index (κ1) is 31.4. The van der Waals surface area contributed by atoms with Gasteiger partial charge in [-0.15, -0.1) is 11.3 Å². The summed E-state index contributed by atoms with van der Waals surface area (Å²) >= 11 is 1.46. The van der Waals surface area contributed by atoms with Crippen molar-refractivity contribution in [1.82, 2.24) is 0 Å². The lowest BCUT2D eigenvalue weighted by molar-refractivity contribution is -0.143. The van der Waals surface area contributed by atoms with E-state index in [1.165, 1.54) is 43.0 Å². The molecule has 2 aromatic carbocycles. The summed E-state index contributed by atoms with van der Waals surface area (Å²) < 4.78 is 9.45. The molecule has 0 spiro atoms. The molecule has 0 aliphatic rings. The summed E-state index contributed by atoms with van der Waals surface area (Å²) in [6.07, 6.45) is 7.68. The first-order valence-electron chi connectivity index (χ1n) is 14.0. The molecule has 1 heterocycles. The normalized spacial score (nSPS) is 10.7. The predicted octanol–water partition coefficient (Wildman–Crippen LogP) is 7.32. The monoisotopic (exact) mass is 572 g/mol. The number of carbonyl (C=O) groups excluding carboxylic acids is 2. The maximum Gasteiger partial charge on any atom is 0.345 e. The molecule has 0 bridgehead atoms. The highest BCUT2D eigenvalue weighted by molar-refractivity contribution is 7.13. The SMILES string of the molecule is CCN(CC)c1ccc(C(=C/C=C/c2ccc(C=C(C(=O)OC)C(=O)OC)s2)c2ccc(N(CC)CC)cc2)cc1. The second-order valence-corrected chi connectivity index (χ2v) is 10.3. The van der Waals surface area contributed by atoms with Gasteiger partial charge in [-0.2, -0.15) is 0 Å². The van der Waals surface area contributed by atoms with Gasteiger partial charge in [0.05, 0.1) is 14.2 Å². The zero-order valence-electron chi connectivity index (χ0n) is 24.8.